The van der Waals surface area contributed by atoms with Gasteiger partial charge in [-0.2, -0.15) is 0 Å². The predicted octanol–water partition coefficient (Wildman–Crippen LogP) is 4.96. The summed E-state index contributed by atoms with van der Waals surface area (Å²) in [6.45, 7) is 14.5. The van der Waals surface area contributed by atoms with Crippen molar-refractivity contribution in [3.63, 3.8) is 0 Å². The molecular weight excluding hydrogens is 237 g/mol. The lowest BCUT2D eigenvalue weighted by Gasteiger charge is -2.14. The van der Waals surface area contributed by atoms with Crippen LogP contribution in [0, 0.1) is 25.6 Å². The zero-order valence-electron chi connectivity index (χ0n) is 12.3. The zero-order chi connectivity index (χ0) is 14.4. The van der Waals surface area contributed by atoms with Gasteiger partial charge in [-0.1, -0.05) is 19.6 Å². The molecule has 104 valence electrons. The Bertz CT molecular complexity index is 463. The Hall–Kier alpha value is -1.44. The van der Waals surface area contributed by atoms with Crippen LogP contribution in [0.1, 0.15) is 42.9 Å². The van der Waals surface area contributed by atoms with Crippen molar-refractivity contribution in [2.45, 2.75) is 40.0 Å². The second kappa shape index (κ2) is 7.22. The Morgan fingerprint density at radius 3 is 2.58 bits per heavy atom. The maximum absolute atomic E-state index is 13.4. The van der Waals surface area contributed by atoms with Crippen LogP contribution in [0.5, 0.6) is 0 Å². The summed E-state index contributed by atoms with van der Waals surface area (Å²) in [7, 11) is 0. The Morgan fingerprint density at radius 1 is 1.26 bits per heavy atom. The summed E-state index contributed by atoms with van der Waals surface area (Å²) >= 11 is 0. The topological polar surface area (TPSA) is 12.4 Å². The molecule has 0 aliphatic carbocycles. The van der Waals surface area contributed by atoms with Gasteiger partial charge in [0.2, 0.25) is 0 Å². The molecule has 0 fully saturated rings. The van der Waals surface area contributed by atoms with Crippen LogP contribution in [0.15, 0.2) is 23.7 Å². The van der Waals surface area contributed by atoms with E-state index in [2.05, 4.69) is 25.2 Å². The van der Waals surface area contributed by atoms with Crippen molar-refractivity contribution < 1.29 is 4.39 Å². The highest BCUT2D eigenvalue weighted by atomic mass is 19.1. The molecule has 1 aromatic carbocycles. The highest BCUT2D eigenvalue weighted by Gasteiger charge is 2.10. The average molecular weight is 261 g/mol. The first kappa shape index (κ1) is 15.6. The second-order valence-electron chi connectivity index (χ2n) is 5.33. The van der Waals surface area contributed by atoms with E-state index in [4.69, 9.17) is 0 Å². The molecule has 1 atom stereocenters. The number of halogens is 1. The summed E-state index contributed by atoms with van der Waals surface area (Å²) in [5.41, 5.74) is 3.92. The SMILES string of the molecule is C=NCCC(C)CCC(=C)c1ccc(F)c(C)c1C. The maximum atomic E-state index is 13.4. The molecule has 1 aromatic rings. The molecule has 0 saturated heterocycles. The van der Waals surface area contributed by atoms with E-state index < -0.39 is 0 Å². The quantitative estimate of drug-likeness (QED) is 0.615. The molecule has 2 heteroatoms. The first-order chi connectivity index (χ1) is 8.97. The van der Waals surface area contributed by atoms with E-state index in [0.717, 1.165) is 48.1 Å². The van der Waals surface area contributed by atoms with E-state index >= 15 is 0 Å². The molecule has 1 rings (SSSR count). The number of hydrogen-bond acceptors (Lipinski definition) is 1. The zero-order valence-corrected chi connectivity index (χ0v) is 12.3. The molecule has 0 spiro atoms. The van der Waals surface area contributed by atoms with Gasteiger partial charge in [0, 0.05) is 6.54 Å². The van der Waals surface area contributed by atoms with Crippen molar-refractivity contribution in [2.75, 3.05) is 6.54 Å². The third-order valence-corrected chi connectivity index (χ3v) is 3.82. The molecule has 0 amide bonds. The largest absolute Gasteiger partial charge is 0.301 e. The normalized spacial score (nSPS) is 12.2. The molecular formula is C17H24FN. The van der Waals surface area contributed by atoms with E-state index in [1.165, 1.54) is 6.07 Å². The van der Waals surface area contributed by atoms with E-state index in [0.29, 0.717) is 5.92 Å². The van der Waals surface area contributed by atoms with E-state index in [-0.39, 0.29) is 5.82 Å². The molecule has 0 bridgehead atoms. The van der Waals surface area contributed by atoms with Crippen LogP contribution in [-0.4, -0.2) is 13.3 Å². The van der Waals surface area contributed by atoms with Gasteiger partial charge >= 0.3 is 0 Å². The Balaban J connectivity index is 2.64. The lowest BCUT2D eigenvalue weighted by atomic mass is 9.92. The molecule has 1 nitrogen and oxygen atoms in total. The fourth-order valence-corrected chi connectivity index (χ4v) is 2.18. The van der Waals surface area contributed by atoms with Gasteiger partial charge in [-0.3, -0.25) is 0 Å². The van der Waals surface area contributed by atoms with Crippen molar-refractivity contribution in [1.29, 1.82) is 0 Å². The molecule has 0 aliphatic heterocycles. The van der Waals surface area contributed by atoms with Gasteiger partial charge in [0.15, 0.2) is 0 Å². The molecule has 0 aliphatic rings. The van der Waals surface area contributed by atoms with Crippen molar-refractivity contribution in [2.24, 2.45) is 10.9 Å². The Labute approximate surface area is 116 Å². The summed E-state index contributed by atoms with van der Waals surface area (Å²) in [5.74, 6) is 0.476. The minimum Gasteiger partial charge on any atom is -0.301 e. The standard InChI is InChI=1S/C17H24FN/c1-12(10-11-19-5)6-7-13(2)16-8-9-17(18)15(4)14(16)3/h8-9,12H,2,5-7,10-11H2,1,3-4H3. The van der Waals surface area contributed by atoms with Gasteiger partial charge in [-0.25, -0.2) is 4.39 Å². The number of nitrogens with zero attached hydrogens (tertiary/aromatic N) is 1. The summed E-state index contributed by atoms with van der Waals surface area (Å²) in [6, 6.07) is 3.38. The first-order valence-electron chi connectivity index (χ1n) is 6.83. The van der Waals surface area contributed by atoms with Crippen LogP contribution >= 0.6 is 0 Å². The van der Waals surface area contributed by atoms with Crippen molar-refractivity contribution in [1.82, 2.24) is 0 Å². The van der Waals surface area contributed by atoms with Crippen LogP contribution < -0.4 is 0 Å². The molecule has 0 heterocycles. The molecule has 0 N–H and O–H groups in total. The van der Waals surface area contributed by atoms with Gasteiger partial charge in [0.05, 0.1) is 0 Å². The number of hydrogen-bond donors (Lipinski definition) is 0. The fourth-order valence-electron chi connectivity index (χ4n) is 2.18. The van der Waals surface area contributed by atoms with Crippen molar-refractivity contribution in [3.05, 3.63) is 41.2 Å². The minimum absolute atomic E-state index is 0.139. The highest BCUT2D eigenvalue weighted by molar-refractivity contribution is 5.67. The Morgan fingerprint density at radius 2 is 1.95 bits per heavy atom. The monoisotopic (exact) mass is 261 g/mol. The van der Waals surface area contributed by atoms with Gasteiger partial charge in [0.1, 0.15) is 5.82 Å². The Kier molecular flexibility index (Phi) is 5.94. The summed E-state index contributed by atoms with van der Waals surface area (Å²) in [4.78, 5) is 3.88. The first-order valence-corrected chi connectivity index (χ1v) is 6.83. The summed E-state index contributed by atoms with van der Waals surface area (Å²) in [6.07, 6.45) is 3.10. The average Bonchev–Trinajstić information content (AvgIpc) is 2.40. The third-order valence-electron chi connectivity index (χ3n) is 3.82. The fraction of sp³-hybridized carbons (Fsp3) is 0.471. The smallest absolute Gasteiger partial charge is 0.126 e. The molecule has 0 radical (unpaired) electrons. The van der Waals surface area contributed by atoms with Gasteiger partial charge < -0.3 is 4.99 Å². The lowest BCUT2D eigenvalue weighted by molar-refractivity contribution is 0.508. The van der Waals surface area contributed by atoms with Crippen LogP contribution in [0.3, 0.4) is 0 Å². The van der Waals surface area contributed by atoms with E-state index in [1.54, 1.807) is 0 Å². The highest BCUT2D eigenvalue weighted by Crippen LogP contribution is 2.27. The third kappa shape index (κ3) is 4.30. The number of benzene rings is 1. The van der Waals surface area contributed by atoms with Crippen LogP contribution in [-0.2, 0) is 0 Å². The van der Waals surface area contributed by atoms with Gasteiger partial charge in [-0.05, 0) is 74.1 Å². The minimum atomic E-state index is -0.139. The van der Waals surface area contributed by atoms with Crippen LogP contribution in [0.25, 0.3) is 5.57 Å². The number of rotatable bonds is 7. The molecule has 0 aromatic heterocycles. The number of allylic oxidation sites excluding steroid dienone is 1. The maximum Gasteiger partial charge on any atom is 0.126 e. The van der Waals surface area contributed by atoms with E-state index in [1.807, 2.05) is 19.9 Å². The second-order valence-corrected chi connectivity index (χ2v) is 5.33. The molecule has 19 heavy (non-hydrogen) atoms. The molecule has 0 saturated carbocycles. The van der Waals surface area contributed by atoms with E-state index in [9.17, 15) is 4.39 Å². The van der Waals surface area contributed by atoms with Crippen molar-refractivity contribution in [3.8, 4) is 0 Å². The number of aliphatic imine (C=N–C) groups is 1. The van der Waals surface area contributed by atoms with Crippen LogP contribution in [0.2, 0.25) is 0 Å². The summed E-state index contributed by atoms with van der Waals surface area (Å²) in [5, 5.41) is 0. The molecule has 1 unspecified atom stereocenters. The lowest BCUT2D eigenvalue weighted by Crippen LogP contribution is -1.99. The van der Waals surface area contributed by atoms with Gasteiger partial charge in [-0.15, -0.1) is 0 Å². The summed E-state index contributed by atoms with van der Waals surface area (Å²) < 4.78 is 13.4. The predicted molar refractivity (Wildman–Crippen MR) is 82.3 cm³/mol. The van der Waals surface area contributed by atoms with Gasteiger partial charge in [0.25, 0.3) is 0 Å². The van der Waals surface area contributed by atoms with Crippen LogP contribution in [0.4, 0.5) is 4.39 Å². The van der Waals surface area contributed by atoms with Crippen molar-refractivity contribution >= 4 is 12.3 Å².